The largest absolute Gasteiger partial charge is 0.496 e. The molecule has 10 nitrogen and oxygen atoms in total. The number of carbonyl (C=O) groups excluding carboxylic acids is 2. The van der Waals surface area contributed by atoms with Crippen LogP contribution in [0.3, 0.4) is 0 Å². The van der Waals surface area contributed by atoms with Crippen molar-refractivity contribution in [1.82, 2.24) is 0 Å². The Morgan fingerprint density at radius 1 is 0.917 bits per heavy atom. The minimum atomic E-state index is -3.72. The van der Waals surface area contributed by atoms with E-state index in [1.165, 1.54) is 46.6 Å². The summed E-state index contributed by atoms with van der Waals surface area (Å²) in [7, 11) is 3.03. The third-order valence-corrected chi connectivity index (χ3v) is 5.67. The standard InChI is InChI=1S/C21H24FNO7S.C2H3FO2/c1-27-15-10-19(29-3)16(20(11-15)30-4)7-8-31(25,26)13-14-5-6-18(28-2)17(9-14)23-21(24)12-22;1-5-2(3)4/h5-11H,12-13H2,1-4H3,(H,23,24);1H3/b8-7+;. The number of rotatable bonds is 10. The van der Waals surface area contributed by atoms with Crippen molar-refractivity contribution in [2.75, 3.05) is 47.5 Å². The minimum Gasteiger partial charge on any atom is -0.496 e. The van der Waals surface area contributed by atoms with Gasteiger partial charge in [-0.3, -0.25) is 4.79 Å². The molecule has 2 aromatic rings. The van der Waals surface area contributed by atoms with Crippen LogP contribution in [0, 0.1) is 0 Å². The maximum absolute atomic E-state index is 12.7. The van der Waals surface area contributed by atoms with Gasteiger partial charge in [0.1, 0.15) is 23.0 Å². The number of hydrogen-bond acceptors (Lipinski definition) is 9. The van der Waals surface area contributed by atoms with Gasteiger partial charge in [-0.25, -0.2) is 17.6 Å². The third-order valence-electron chi connectivity index (χ3n) is 4.38. The van der Waals surface area contributed by atoms with Crippen molar-refractivity contribution in [3.8, 4) is 23.0 Å². The number of alkyl halides is 1. The fourth-order valence-electron chi connectivity index (χ4n) is 2.78. The molecule has 0 spiro atoms. The van der Waals surface area contributed by atoms with E-state index in [2.05, 4.69) is 10.1 Å². The van der Waals surface area contributed by atoms with E-state index in [1.54, 1.807) is 18.2 Å². The number of benzene rings is 2. The highest BCUT2D eigenvalue weighted by Crippen LogP contribution is 2.35. The van der Waals surface area contributed by atoms with E-state index in [9.17, 15) is 22.0 Å². The first-order valence-electron chi connectivity index (χ1n) is 10.0. The minimum absolute atomic E-state index is 0.181. The van der Waals surface area contributed by atoms with Crippen LogP contribution < -0.4 is 24.3 Å². The Morgan fingerprint density at radius 3 is 1.92 bits per heavy atom. The lowest BCUT2D eigenvalue weighted by Crippen LogP contribution is -2.14. The zero-order chi connectivity index (χ0) is 27.3. The average molecular weight is 532 g/mol. The maximum Gasteiger partial charge on any atom is 0.495 e. The number of sulfone groups is 1. The van der Waals surface area contributed by atoms with Crippen molar-refractivity contribution in [2.45, 2.75) is 5.75 Å². The highest BCUT2D eigenvalue weighted by molar-refractivity contribution is 7.93. The summed E-state index contributed by atoms with van der Waals surface area (Å²) >= 11 is 0. The van der Waals surface area contributed by atoms with Crippen LogP contribution in [0.2, 0.25) is 0 Å². The molecule has 0 unspecified atom stereocenters. The van der Waals surface area contributed by atoms with Crippen molar-refractivity contribution in [3.63, 3.8) is 0 Å². The van der Waals surface area contributed by atoms with Gasteiger partial charge >= 0.3 is 6.22 Å². The summed E-state index contributed by atoms with van der Waals surface area (Å²) in [6, 6.07) is 7.68. The molecule has 0 aromatic heterocycles. The summed E-state index contributed by atoms with van der Waals surface area (Å²) in [4.78, 5) is 20.3. The molecule has 0 fully saturated rings. The molecule has 0 heterocycles. The number of nitrogens with one attached hydrogen (secondary N) is 1. The normalized spacial score (nSPS) is 10.6. The highest BCUT2D eigenvalue weighted by atomic mass is 32.2. The van der Waals surface area contributed by atoms with Crippen molar-refractivity contribution >= 4 is 33.7 Å². The summed E-state index contributed by atoms with van der Waals surface area (Å²) in [6.07, 6.45) is -0.369. The zero-order valence-electron chi connectivity index (χ0n) is 20.3. The van der Waals surface area contributed by atoms with Gasteiger partial charge in [0, 0.05) is 17.5 Å². The Hall–Kier alpha value is -3.87. The van der Waals surface area contributed by atoms with Crippen LogP contribution in [-0.4, -0.2) is 62.8 Å². The average Bonchev–Trinajstić information content (AvgIpc) is 2.87. The molecule has 36 heavy (non-hydrogen) atoms. The number of halogens is 2. The fraction of sp³-hybridized carbons (Fsp3) is 0.304. The molecule has 2 aromatic carbocycles. The predicted molar refractivity (Wildman–Crippen MR) is 129 cm³/mol. The third kappa shape index (κ3) is 9.41. The SMILES string of the molecule is COC(=O)F.COc1cc(OC)c(/C=C/S(=O)(=O)Cc2ccc(OC)c(NC(=O)CF)c2)c(OC)c1. The van der Waals surface area contributed by atoms with Crippen LogP contribution in [0.1, 0.15) is 11.1 Å². The summed E-state index contributed by atoms with van der Waals surface area (Å²) in [5.41, 5.74) is 0.994. The quantitative estimate of drug-likeness (QED) is 0.454. The monoisotopic (exact) mass is 531 g/mol. The maximum atomic E-state index is 12.7. The predicted octanol–water partition coefficient (Wildman–Crippen LogP) is 3.94. The Kier molecular flexibility index (Phi) is 12.2. The number of amides is 1. The topological polar surface area (TPSA) is 126 Å². The van der Waals surface area contributed by atoms with Gasteiger partial charge in [0.05, 0.1) is 52.6 Å². The fourth-order valence-corrected chi connectivity index (χ4v) is 3.86. The second-order valence-electron chi connectivity index (χ2n) is 6.71. The number of ether oxygens (including phenoxy) is 5. The molecule has 0 aliphatic carbocycles. The van der Waals surface area contributed by atoms with E-state index in [1.807, 2.05) is 0 Å². The van der Waals surface area contributed by atoms with Crippen LogP contribution in [-0.2, 0) is 25.1 Å². The molecule has 0 radical (unpaired) electrons. The van der Waals surface area contributed by atoms with Gasteiger partial charge in [-0.2, -0.15) is 0 Å². The zero-order valence-corrected chi connectivity index (χ0v) is 21.1. The van der Waals surface area contributed by atoms with E-state index >= 15 is 0 Å². The van der Waals surface area contributed by atoms with Gasteiger partial charge < -0.3 is 29.0 Å². The van der Waals surface area contributed by atoms with Crippen molar-refractivity contribution in [3.05, 3.63) is 46.9 Å². The van der Waals surface area contributed by atoms with E-state index in [0.717, 1.165) is 12.5 Å². The first-order chi connectivity index (χ1) is 17.0. The lowest BCUT2D eigenvalue weighted by atomic mass is 10.1. The molecule has 1 N–H and O–H groups in total. The first-order valence-corrected chi connectivity index (χ1v) is 11.7. The van der Waals surface area contributed by atoms with Crippen LogP contribution in [0.4, 0.5) is 19.3 Å². The molecule has 0 bridgehead atoms. The summed E-state index contributed by atoms with van der Waals surface area (Å²) in [5.74, 6) is 0.316. The molecule has 0 aliphatic heterocycles. The summed E-state index contributed by atoms with van der Waals surface area (Å²) in [6.45, 7) is -1.21. The van der Waals surface area contributed by atoms with Gasteiger partial charge in [0.25, 0.3) is 5.91 Å². The Bertz CT molecular complexity index is 1160. The summed E-state index contributed by atoms with van der Waals surface area (Å²) < 4.78 is 72.8. The number of hydrogen-bond donors (Lipinski definition) is 1. The van der Waals surface area contributed by atoms with E-state index in [-0.39, 0.29) is 17.2 Å². The van der Waals surface area contributed by atoms with E-state index < -0.39 is 28.6 Å². The molecule has 0 aliphatic rings. The van der Waals surface area contributed by atoms with Crippen molar-refractivity contribution in [2.24, 2.45) is 0 Å². The Labute approximate surface area is 207 Å². The van der Waals surface area contributed by atoms with Gasteiger partial charge in [-0.15, -0.1) is 4.39 Å². The van der Waals surface area contributed by atoms with Crippen molar-refractivity contribution in [1.29, 1.82) is 0 Å². The van der Waals surface area contributed by atoms with E-state index in [0.29, 0.717) is 28.4 Å². The molecule has 1 amide bonds. The van der Waals surface area contributed by atoms with Gasteiger partial charge in [0.2, 0.25) is 0 Å². The summed E-state index contributed by atoms with van der Waals surface area (Å²) in [5, 5.41) is 3.38. The smallest absolute Gasteiger partial charge is 0.495 e. The lowest BCUT2D eigenvalue weighted by molar-refractivity contribution is -0.117. The molecule has 2 rings (SSSR count). The number of carbonyl (C=O) groups is 2. The van der Waals surface area contributed by atoms with E-state index in [4.69, 9.17) is 23.7 Å². The molecular weight excluding hydrogens is 504 g/mol. The second kappa shape index (κ2) is 14.5. The Balaban J connectivity index is 0.00000118. The highest BCUT2D eigenvalue weighted by Gasteiger charge is 2.15. The molecule has 198 valence electrons. The van der Waals surface area contributed by atoms with Crippen LogP contribution in [0.5, 0.6) is 23.0 Å². The number of methoxy groups -OCH3 is 5. The van der Waals surface area contributed by atoms with Gasteiger partial charge in [-0.1, -0.05) is 6.07 Å². The van der Waals surface area contributed by atoms with Crippen LogP contribution in [0.25, 0.3) is 6.08 Å². The molecule has 0 atom stereocenters. The number of anilines is 1. The second-order valence-corrected chi connectivity index (χ2v) is 8.60. The first kappa shape index (κ1) is 30.2. The van der Waals surface area contributed by atoms with Crippen molar-refractivity contribution < 1.29 is 50.5 Å². The molecule has 13 heteroatoms. The van der Waals surface area contributed by atoms with Gasteiger partial charge in [-0.05, 0) is 23.8 Å². The molecular formula is C23H27F2NO9S. The molecule has 0 saturated carbocycles. The molecule has 0 saturated heterocycles. The van der Waals surface area contributed by atoms with Gasteiger partial charge in [0.15, 0.2) is 16.5 Å². The van der Waals surface area contributed by atoms with Crippen LogP contribution >= 0.6 is 0 Å². The lowest BCUT2D eigenvalue weighted by Gasteiger charge is -2.13. The van der Waals surface area contributed by atoms with Crippen LogP contribution in [0.15, 0.2) is 35.7 Å². The Morgan fingerprint density at radius 2 is 1.47 bits per heavy atom.